The highest BCUT2D eigenvalue weighted by Gasteiger charge is 2.26. The van der Waals surface area contributed by atoms with Crippen LogP contribution in [0.5, 0.6) is 0 Å². The lowest BCUT2D eigenvalue weighted by atomic mass is 9.96. The van der Waals surface area contributed by atoms with Crippen molar-refractivity contribution in [2.45, 2.75) is 20.3 Å². The summed E-state index contributed by atoms with van der Waals surface area (Å²) in [6.07, 6.45) is 1.32. The van der Waals surface area contributed by atoms with Crippen molar-refractivity contribution < 1.29 is 0 Å². The SMILES string of the molecule is CCC1CN(CS)CC1C. The minimum absolute atomic E-state index is 0.886. The lowest BCUT2D eigenvalue weighted by Crippen LogP contribution is -2.18. The summed E-state index contributed by atoms with van der Waals surface area (Å²) in [5.74, 6) is 2.74. The maximum absolute atomic E-state index is 4.26. The van der Waals surface area contributed by atoms with Gasteiger partial charge in [0.1, 0.15) is 0 Å². The molecule has 2 atom stereocenters. The Kier molecular flexibility index (Phi) is 3.05. The van der Waals surface area contributed by atoms with Crippen molar-refractivity contribution in [3.8, 4) is 0 Å². The van der Waals surface area contributed by atoms with Gasteiger partial charge >= 0.3 is 0 Å². The Labute approximate surface area is 69.2 Å². The summed E-state index contributed by atoms with van der Waals surface area (Å²) in [7, 11) is 0. The number of hydrogen-bond acceptors (Lipinski definition) is 2. The summed E-state index contributed by atoms with van der Waals surface area (Å²) in [6, 6.07) is 0. The lowest BCUT2D eigenvalue weighted by molar-refractivity contribution is 0.378. The summed E-state index contributed by atoms with van der Waals surface area (Å²) >= 11 is 4.26. The molecule has 0 N–H and O–H groups in total. The minimum atomic E-state index is 0.886. The number of rotatable bonds is 2. The van der Waals surface area contributed by atoms with Crippen molar-refractivity contribution >= 4 is 12.6 Å². The molecule has 1 saturated heterocycles. The van der Waals surface area contributed by atoms with Crippen LogP contribution < -0.4 is 0 Å². The summed E-state index contributed by atoms with van der Waals surface area (Å²) in [5.41, 5.74) is 0. The van der Waals surface area contributed by atoms with Crippen molar-refractivity contribution in [2.75, 3.05) is 19.0 Å². The monoisotopic (exact) mass is 159 g/mol. The average molecular weight is 159 g/mol. The van der Waals surface area contributed by atoms with Crippen molar-refractivity contribution in [2.24, 2.45) is 11.8 Å². The van der Waals surface area contributed by atoms with E-state index < -0.39 is 0 Å². The van der Waals surface area contributed by atoms with Gasteiger partial charge in [-0.25, -0.2) is 0 Å². The molecule has 1 fully saturated rings. The van der Waals surface area contributed by atoms with E-state index >= 15 is 0 Å². The molecule has 0 aromatic carbocycles. The van der Waals surface area contributed by atoms with Crippen LogP contribution in [0.4, 0.5) is 0 Å². The first-order chi connectivity index (χ1) is 4.77. The van der Waals surface area contributed by atoms with E-state index in [-0.39, 0.29) is 0 Å². The van der Waals surface area contributed by atoms with Gasteiger partial charge in [0.2, 0.25) is 0 Å². The molecule has 60 valence electrons. The van der Waals surface area contributed by atoms with E-state index in [0.29, 0.717) is 0 Å². The molecule has 1 heterocycles. The predicted molar refractivity (Wildman–Crippen MR) is 48.4 cm³/mol. The van der Waals surface area contributed by atoms with Gasteiger partial charge in [-0.15, -0.1) is 0 Å². The molecule has 0 spiro atoms. The highest BCUT2D eigenvalue weighted by Crippen LogP contribution is 2.25. The summed E-state index contributed by atoms with van der Waals surface area (Å²) in [4.78, 5) is 2.42. The van der Waals surface area contributed by atoms with Crippen molar-refractivity contribution in [3.63, 3.8) is 0 Å². The maximum atomic E-state index is 4.26. The van der Waals surface area contributed by atoms with Crippen LogP contribution in [0.15, 0.2) is 0 Å². The van der Waals surface area contributed by atoms with E-state index in [0.717, 1.165) is 17.7 Å². The number of hydrogen-bond donors (Lipinski definition) is 1. The van der Waals surface area contributed by atoms with Crippen LogP contribution in [0.3, 0.4) is 0 Å². The van der Waals surface area contributed by atoms with Gasteiger partial charge in [0.25, 0.3) is 0 Å². The van der Waals surface area contributed by atoms with E-state index in [1.54, 1.807) is 0 Å². The van der Waals surface area contributed by atoms with E-state index in [4.69, 9.17) is 0 Å². The Morgan fingerprint density at radius 3 is 2.50 bits per heavy atom. The Bertz CT molecular complexity index is 105. The fourth-order valence-corrected chi connectivity index (χ4v) is 2.02. The van der Waals surface area contributed by atoms with Gasteiger partial charge in [0.05, 0.1) is 0 Å². The van der Waals surface area contributed by atoms with Gasteiger partial charge < -0.3 is 0 Å². The average Bonchev–Trinajstić information content (AvgIpc) is 2.30. The van der Waals surface area contributed by atoms with Crippen LogP contribution in [0.2, 0.25) is 0 Å². The van der Waals surface area contributed by atoms with E-state index in [1.807, 2.05) is 0 Å². The third-order valence-electron chi connectivity index (χ3n) is 2.57. The van der Waals surface area contributed by atoms with Crippen LogP contribution in [0.25, 0.3) is 0 Å². The molecule has 0 aliphatic carbocycles. The highest BCUT2D eigenvalue weighted by molar-refractivity contribution is 7.80. The van der Waals surface area contributed by atoms with E-state index in [2.05, 4.69) is 31.4 Å². The second-order valence-corrected chi connectivity index (χ2v) is 3.61. The zero-order valence-electron chi connectivity index (χ0n) is 6.88. The molecule has 0 aromatic rings. The molecule has 1 nitrogen and oxygen atoms in total. The summed E-state index contributed by atoms with van der Waals surface area (Å²) in [6.45, 7) is 7.14. The molecule has 1 aliphatic heterocycles. The van der Waals surface area contributed by atoms with Crippen LogP contribution in [-0.4, -0.2) is 23.9 Å². The molecule has 1 rings (SSSR count). The first-order valence-electron chi connectivity index (χ1n) is 4.11. The Morgan fingerprint density at radius 2 is 2.20 bits per heavy atom. The quantitative estimate of drug-likeness (QED) is 0.602. The number of thiol groups is 1. The molecule has 1 aliphatic rings. The molecule has 0 radical (unpaired) electrons. The maximum Gasteiger partial charge on any atom is 0.0414 e. The molecule has 0 saturated carbocycles. The van der Waals surface area contributed by atoms with E-state index in [1.165, 1.54) is 19.5 Å². The minimum Gasteiger partial charge on any atom is -0.294 e. The fraction of sp³-hybridized carbons (Fsp3) is 1.00. The fourth-order valence-electron chi connectivity index (χ4n) is 1.79. The van der Waals surface area contributed by atoms with E-state index in [9.17, 15) is 0 Å². The van der Waals surface area contributed by atoms with Crippen LogP contribution in [0.1, 0.15) is 20.3 Å². The third kappa shape index (κ3) is 1.67. The first-order valence-corrected chi connectivity index (χ1v) is 4.74. The zero-order valence-corrected chi connectivity index (χ0v) is 7.77. The molecule has 2 unspecified atom stereocenters. The summed E-state index contributed by atoms with van der Waals surface area (Å²) in [5, 5.41) is 0. The molecule has 10 heavy (non-hydrogen) atoms. The Balaban J connectivity index is 2.36. The van der Waals surface area contributed by atoms with Crippen LogP contribution in [0, 0.1) is 11.8 Å². The summed E-state index contributed by atoms with van der Waals surface area (Å²) < 4.78 is 0. The smallest absolute Gasteiger partial charge is 0.0414 e. The highest BCUT2D eigenvalue weighted by atomic mass is 32.1. The van der Waals surface area contributed by atoms with Crippen LogP contribution >= 0.6 is 12.6 Å². The van der Waals surface area contributed by atoms with Gasteiger partial charge in [-0.2, -0.15) is 12.6 Å². The molecule has 2 heteroatoms. The van der Waals surface area contributed by atoms with Crippen molar-refractivity contribution in [3.05, 3.63) is 0 Å². The predicted octanol–water partition coefficient (Wildman–Crippen LogP) is 1.85. The van der Waals surface area contributed by atoms with Crippen molar-refractivity contribution in [1.29, 1.82) is 0 Å². The molecule has 0 bridgehead atoms. The largest absolute Gasteiger partial charge is 0.294 e. The van der Waals surface area contributed by atoms with Gasteiger partial charge in [0, 0.05) is 19.0 Å². The molecular weight excluding hydrogens is 142 g/mol. The first kappa shape index (κ1) is 8.41. The standard InChI is InChI=1S/C8H17NS/c1-3-8-5-9(6-10)4-7(8)2/h7-8,10H,3-6H2,1-2H3. The number of likely N-dealkylation sites (tertiary alicyclic amines) is 1. The van der Waals surface area contributed by atoms with Gasteiger partial charge in [-0.3, -0.25) is 4.90 Å². The Hall–Kier alpha value is 0.310. The number of nitrogens with zero attached hydrogens (tertiary/aromatic N) is 1. The normalized spacial score (nSPS) is 35.1. The Morgan fingerprint density at radius 1 is 1.50 bits per heavy atom. The van der Waals surface area contributed by atoms with Gasteiger partial charge in [-0.1, -0.05) is 20.3 Å². The van der Waals surface area contributed by atoms with Gasteiger partial charge in [-0.05, 0) is 11.8 Å². The second-order valence-electron chi connectivity index (χ2n) is 3.32. The topological polar surface area (TPSA) is 3.24 Å². The van der Waals surface area contributed by atoms with Crippen molar-refractivity contribution in [1.82, 2.24) is 4.90 Å². The third-order valence-corrected chi connectivity index (χ3v) is 2.97. The second kappa shape index (κ2) is 3.63. The zero-order chi connectivity index (χ0) is 7.56. The van der Waals surface area contributed by atoms with Crippen LogP contribution in [-0.2, 0) is 0 Å². The molecular formula is C8H17NS. The van der Waals surface area contributed by atoms with Gasteiger partial charge in [0.15, 0.2) is 0 Å². The molecule has 0 amide bonds. The molecule has 0 aromatic heterocycles. The lowest BCUT2D eigenvalue weighted by Gasteiger charge is -2.10.